The van der Waals surface area contributed by atoms with Gasteiger partial charge in [0.2, 0.25) is 0 Å². The average Bonchev–Trinajstić information content (AvgIpc) is 2.94. The third-order valence-electron chi connectivity index (χ3n) is 3.04. The number of nitrogens with zero attached hydrogens (tertiary/aromatic N) is 4. The van der Waals surface area contributed by atoms with Gasteiger partial charge in [-0.05, 0) is 0 Å². The van der Waals surface area contributed by atoms with Gasteiger partial charge in [-0.3, -0.25) is 0 Å². The highest BCUT2D eigenvalue weighted by atomic mass is 16.4. The number of aromatic amines is 1. The molecular weight excluding hydrogens is 238 g/mol. The third kappa shape index (κ3) is 1.58. The molecule has 0 amide bonds. The van der Waals surface area contributed by atoms with Crippen LogP contribution in [0.4, 0.5) is 5.82 Å². The lowest BCUT2D eigenvalue weighted by molar-refractivity contribution is -0.138. The highest BCUT2D eigenvalue weighted by molar-refractivity contribution is 5.87. The number of hydrogen-bond donors (Lipinski definition) is 3. The van der Waals surface area contributed by atoms with Crippen LogP contribution in [0, 0.1) is 0 Å². The van der Waals surface area contributed by atoms with Gasteiger partial charge in [-0.2, -0.15) is 0 Å². The molecule has 0 saturated carbocycles. The van der Waals surface area contributed by atoms with Crippen LogP contribution in [0.3, 0.4) is 0 Å². The van der Waals surface area contributed by atoms with Crippen molar-refractivity contribution in [3.05, 3.63) is 12.7 Å². The van der Waals surface area contributed by atoms with Crippen LogP contribution in [-0.2, 0) is 4.79 Å². The fraction of sp³-hybridized carbons (Fsp3) is 0.400. The van der Waals surface area contributed by atoms with E-state index in [0.717, 1.165) is 0 Å². The van der Waals surface area contributed by atoms with E-state index in [2.05, 4.69) is 19.9 Å². The molecule has 0 unspecified atom stereocenters. The van der Waals surface area contributed by atoms with Crippen LogP contribution in [0.1, 0.15) is 6.42 Å². The summed E-state index contributed by atoms with van der Waals surface area (Å²) >= 11 is 0. The summed E-state index contributed by atoms with van der Waals surface area (Å²) < 4.78 is 0. The Balaban J connectivity index is 2.08. The van der Waals surface area contributed by atoms with E-state index in [4.69, 9.17) is 5.11 Å². The predicted molar refractivity (Wildman–Crippen MR) is 61.1 cm³/mol. The Labute approximate surface area is 101 Å². The molecule has 2 aromatic heterocycles. The van der Waals surface area contributed by atoms with Crippen molar-refractivity contribution >= 4 is 23.0 Å². The monoisotopic (exact) mass is 249 g/mol. The predicted octanol–water partition coefficient (Wildman–Crippen LogP) is -0.623. The molecule has 1 aliphatic rings. The number of fused-ring (bicyclic) bond motifs is 1. The molecule has 18 heavy (non-hydrogen) atoms. The van der Waals surface area contributed by atoms with Crippen molar-refractivity contribution in [1.82, 2.24) is 19.9 Å². The number of aliphatic carboxylic acids is 1. The number of aliphatic hydroxyl groups excluding tert-OH is 1. The molecule has 2 atom stereocenters. The number of carboxylic acids is 1. The Kier molecular flexibility index (Phi) is 2.37. The Morgan fingerprint density at radius 3 is 3.06 bits per heavy atom. The highest BCUT2D eigenvalue weighted by Gasteiger charge is 2.37. The van der Waals surface area contributed by atoms with E-state index in [9.17, 15) is 9.90 Å². The van der Waals surface area contributed by atoms with Gasteiger partial charge in [0.25, 0.3) is 0 Å². The number of aromatic nitrogens is 4. The largest absolute Gasteiger partial charge is 0.480 e. The molecule has 1 fully saturated rings. The van der Waals surface area contributed by atoms with Gasteiger partial charge in [-0.25, -0.2) is 19.7 Å². The van der Waals surface area contributed by atoms with Gasteiger partial charge in [-0.1, -0.05) is 0 Å². The zero-order valence-corrected chi connectivity index (χ0v) is 9.32. The molecule has 3 rings (SSSR count). The Hall–Kier alpha value is -2.22. The van der Waals surface area contributed by atoms with Crippen LogP contribution in [-0.4, -0.2) is 54.8 Å². The summed E-state index contributed by atoms with van der Waals surface area (Å²) in [6.07, 6.45) is 2.33. The maximum absolute atomic E-state index is 11.2. The van der Waals surface area contributed by atoms with Gasteiger partial charge < -0.3 is 20.1 Å². The van der Waals surface area contributed by atoms with Crippen molar-refractivity contribution in [2.24, 2.45) is 0 Å². The number of aliphatic hydroxyl groups is 1. The summed E-state index contributed by atoms with van der Waals surface area (Å²) in [5.74, 6) is -0.515. The van der Waals surface area contributed by atoms with Gasteiger partial charge in [0.05, 0.1) is 12.4 Å². The molecule has 1 saturated heterocycles. The lowest BCUT2D eigenvalue weighted by Gasteiger charge is -2.22. The van der Waals surface area contributed by atoms with Gasteiger partial charge in [0, 0.05) is 13.0 Å². The number of imidazole rings is 1. The number of carbonyl (C=O) groups is 1. The van der Waals surface area contributed by atoms with E-state index >= 15 is 0 Å². The first-order chi connectivity index (χ1) is 8.66. The Morgan fingerprint density at radius 2 is 2.28 bits per heavy atom. The van der Waals surface area contributed by atoms with E-state index in [1.807, 2.05) is 0 Å². The van der Waals surface area contributed by atoms with E-state index < -0.39 is 18.1 Å². The minimum atomic E-state index is -0.974. The molecule has 8 nitrogen and oxygen atoms in total. The number of β-amino-alcohol motifs (C(OH)–C–C–N with tert-alkyl or cyclic N) is 1. The molecule has 0 spiro atoms. The van der Waals surface area contributed by atoms with E-state index in [1.54, 1.807) is 4.90 Å². The van der Waals surface area contributed by atoms with Crippen molar-refractivity contribution in [3.63, 3.8) is 0 Å². The summed E-state index contributed by atoms with van der Waals surface area (Å²) in [7, 11) is 0. The molecule has 0 radical (unpaired) electrons. The first-order valence-corrected chi connectivity index (χ1v) is 5.48. The van der Waals surface area contributed by atoms with Crippen LogP contribution >= 0.6 is 0 Å². The minimum absolute atomic E-state index is 0.189. The second kappa shape index (κ2) is 3.91. The lowest BCUT2D eigenvalue weighted by atomic mass is 10.2. The lowest BCUT2D eigenvalue weighted by Crippen LogP contribution is -2.36. The molecular formula is C10H11N5O3. The second-order valence-corrected chi connectivity index (χ2v) is 4.19. The second-order valence-electron chi connectivity index (χ2n) is 4.19. The number of H-pyrrole nitrogens is 1. The van der Waals surface area contributed by atoms with E-state index in [-0.39, 0.29) is 13.0 Å². The number of rotatable bonds is 2. The molecule has 3 heterocycles. The van der Waals surface area contributed by atoms with Crippen molar-refractivity contribution in [2.75, 3.05) is 11.4 Å². The number of carboxylic acid groups (broad SMARTS) is 1. The fourth-order valence-electron chi connectivity index (χ4n) is 2.25. The fourth-order valence-corrected chi connectivity index (χ4v) is 2.25. The molecule has 2 aromatic rings. The van der Waals surface area contributed by atoms with Gasteiger partial charge in [0.15, 0.2) is 11.5 Å². The number of hydrogen-bond acceptors (Lipinski definition) is 6. The molecule has 1 aliphatic heterocycles. The first kappa shape index (κ1) is 10.9. The molecule has 94 valence electrons. The maximum Gasteiger partial charge on any atom is 0.326 e. The van der Waals surface area contributed by atoms with Crippen molar-refractivity contribution in [1.29, 1.82) is 0 Å². The van der Waals surface area contributed by atoms with E-state index in [0.29, 0.717) is 17.0 Å². The molecule has 3 N–H and O–H groups in total. The summed E-state index contributed by atoms with van der Waals surface area (Å²) in [6.45, 7) is 0.238. The van der Waals surface area contributed by atoms with Crippen molar-refractivity contribution < 1.29 is 15.0 Å². The SMILES string of the molecule is O=C(O)[C@H]1C[C@@H](O)CN1c1ncnc2nc[nH]c12. The van der Waals surface area contributed by atoms with Crippen LogP contribution in [0.5, 0.6) is 0 Å². The van der Waals surface area contributed by atoms with Crippen LogP contribution in [0.25, 0.3) is 11.2 Å². The molecule has 0 aromatic carbocycles. The Bertz CT molecular complexity index is 598. The van der Waals surface area contributed by atoms with E-state index in [1.165, 1.54) is 12.7 Å². The molecule has 8 heteroatoms. The van der Waals surface area contributed by atoms with Crippen LogP contribution in [0.15, 0.2) is 12.7 Å². The average molecular weight is 249 g/mol. The first-order valence-electron chi connectivity index (χ1n) is 5.48. The third-order valence-corrected chi connectivity index (χ3v) is 3.04. The zero-order valence-electron chi connectivity index (χ0n) is 9.32. The normalized spacial score (nSPS) is 23.7. The topological polar surface area (TPSA) is 115 Å². The Morgan fingerprint density at radius 1 is 1.44 bits per heavy atom. The number of anilines is 1. The van der Waals surface area contributed by atoms with Gasteiger partial charge in [-0.15, -0.1) is 0 Å². The zero-order chi connectivity index (χ0) is 12.7. The smallest absolute Gasteiger partial charge is 0.326 e. The maximum atomic E-state index is 11.2. The summed E-state index contributed by atoms with van der Waals surface area (Å²) in [5.41, 5.74) is 1.06. The van der Waals surface area contributed by atoms with Crippen LogP contribution in [0.2, 0.25) is 0 Å². The van der Waals surface area contributed by atoms with Crippen molar-refractivity contribution in [3.8, 4) is 0 Å². The molecule has 0 aliphatic carbocycles. The van der Waals surface area contributed by atoms with Gasteiger partial charge in [0.1, 0.15) is 17.9 Å². The molecule has 0 bridgehead atoms. The highest BCUT2D eigenvalue weighted by Crippen LogP contribution is 2.28. The summed E-state index contributed by atoms with van der Waals surface area (Å²) in [5, 5.41) is 18.8. The quantitative estimate of drug-likeness (QED) is 0.649. The van der Waals surface area contributed by atoms with Crippen molar-refractivity contribution in [2.45, 2.75) is 18.6 Å². The number of nitrogens with one attached hydrogen (secondary N) is 1. The van der Waals surface area contributed by atoms with Crippen LogP contribution < -0.4 is 4.90 Å². The standard InChI is InChI=1S/C10H11N5O3/c16-5-1-6(10(17)18)15(2-5)9-7-8(12-3-11-7)13-4-14-9/h3-6,16H,1-2H2,(H,17,18)(H,11,12,13,14)/t5-,6-/m1/s1. The minimum Gasteiger partial charge on any atom is -0.480 e. The summed E-state index contributed by atoms with van der Waals surface area (Å²) in [4.78, 5) is 27.7. The van der Waals surface area contributed by atoms with Gasteiger partial charge >= 0.3 is 5.97 Å². The summed E-state index contributed by atoms with van der Waals surface area (Å²) in [6, 6.07) is -0.776.